The van der Waals surface area contributed by atoms with Crippen LogP contribution in [0.3, 0.4) is 0 Å². The highest BCUT2D eigenvalue weighted by molar-refractivity contribution is 7.19. The summed E-state index contributed by atoms with van der Waals surface area (Å²) < 4.78 is 0. The molecule has 3 aliphatic rings. The molecule has 3 aromatic heterocycles. The number of carbonyl (C=O) groups is 1. The van der Waals surface area contributed by atoms with E-state index in [4.69, 9.17) is 0 Å². The molecule has 4 aromatic rings. The van der Waals surface area contributed by atoms with E-state index in [1.807, 2.05) is 18.3 Å². The minimum Gasteiger partial charge on any atom is -0.342 e. The summed E-state index contributed by atoms with van der Waals surface area (Å²) in [5.74, 6) is 2.84. The lowest BCUT2D eigenvalue weighted by molar-refractivity contribution is -0.135. The Balaban J connectivity index is 1.16. The van der Waals surface area contributed by atoms with E-state index < -0.39 is 0 Å². The third-order valence-electron chi connectivity index (χ3n) is 7.94. The molecule has 1 amide bonds. The maximum atomic E-state index is 13.3. The van der Waals surface area contributed by atoms with Gasteiger partial charge in [0.1, 0.15) is 17.0 Å². The second-order valence-corrected chi connectivity index (χ2v) is 10.9. The number of benzene rings is 1. The van der Waals surface area contributed by atoms with Crippen LogP contribution in [0.2, 0.25) is 0 Å². The summed E-state index contributed by atoms with van der Waals surface area (Å²) in [7, 11) is 0. The number of aromatic amines is 1. The number of aryl methyl sites for hydroxylation is 1. The maximum Gasteiger partial charge on any atom is 0.226 e. The molecule has 8 heteroatoms. The zero-order valence-corrected chi connectivity index (χ0v) is 19.2. The highest BCUT2D eigenvalue weighted by Crippen LogP contribution is 2.42. The molecule has 3 atom stereocenters. The molecule has 0 radical (unpaired) electrons. The Hall–Kier alpha value is -3.00. The fourth-order valence-electron chi connectivity index (χ4n) is 6.25. The van der Waals surface area contributed by atoms with Crippen molar-refractivity contribution < 1.29 is 4.79 Å². The predicted molar refractivity (Wildman–Crippen MR) is 130 cm³/mol. The van der Waals surface area contributed by atoms with Crippen molar-refractivity contribution in [3.8, 4) is 0 Å². The first kappa shape index (κ1) is 19.5. The minimum absolute atomic E-state index is 0.109. The van der Waals surface area contributed by atoms with E-state index in [0.29, 0.717) is 5.91 Å². The first-order valence-corrected chi connectivity index (χ1v) is 12.8. The number of aromatic nitrogens is 4. The van der Waals surface area contributed by atoms with Gasteiger partial charge in [-0.3, -0.25) is 9.89 Å². The molecule has 4 heterocycles. The van der Waals surface area contributed by atoms with Gasteiger partial charge in [-0.05, 0) is 67.7 Å². The van der Waals surface area contributed by atoms with Gasteiger partial charge in [0.2, 0.25) is 5.91 Å². The highest BCUT2D eigenvalue weighted by Gasteiger charge is 2.40. The number of fused-ring (bicyclic) bond motifs is 5. The van der Waals surface area contributed by atoms with Gasteiger partial charge in [0.15, 0.2) is 0 Å². The quantitative estimate of drug-likeness (QED) is 0.466. The molecule has 2 aliphatic carbocycles. The van der Waals surface area contributed by atoms with Crippen molar-refractivity contribution >= 4 is 49.9 Å². The molecule has 1 aromatic carbocycles. The molecule has 2 N–H and O–H groups in total. The van der Waals surface area contributed by atoms with Crippen LogP contribution < -0.4 is 5.32 Å². The number of nitrogens with one attached hydrogen (secondary N) is 2. The van der Waals surface area contributed by atoms with Crippen molar-refractivity contribution in [3.05, 3.63) is 41.2 Å². The Bertz CT molecular complexity index is 1360. The zero-order chi connectivity index (χ0) is 21.9. The number of rotatable bonds is 3. The summed E-state index contributed by atoms with van der Waals surface area (Å²) in [6.07, 6.45) is 10.1. The standard InChI is InChI=1S/C25H26N6OS/c32-25(31-11-15-2-1-3-16(15)12-31)14-4-6-19-21(9-14)33-24-22(19)23(26-13-27-24)29-18-5-7-20-17(8-18)10-28-30-20/h5,7-8,10,13-16H,1-4,6,9,11-12H2,(H,28,30)(H,26,27,29). The largest absolute Gasteiger partial charge is 0.342 e. The van der Waals surface area contributed by atoms with Gasteiger partial charge in [0.05, 0.1) is 17.1 Å². The summed E-state index contributed by atoms with van der Waals surface area (Å²) >= 11 is 1.73. The second-order valence-electron chi connectivity index (χ2n) is 9.84. The van der Waals surface area contributed by atoms with Gasteiger partial charge in [0.25, 0.3) is 0 Å². The van der Waals surface area contributed by atoms with Crippen molar-refractivity contribution in [2.45, 2.75) is 38.5 Å². The molecule has 0 bridgehead atoms. The van der Waals surface area contributed by atoms with Crippen LogP contribution in [0, 0.1) is 17.8 Å². The summed E-state index contributed by atoms with van der Waals surface area (Å²) in [6, 6.07) is 6.13. The molecule has 3 unspecified atom stereocenters. The van der Waals surface area contributed by atoms with E-state index in [0.717, 1.165) is 76.8 Å². The van der Waals surface area contributed by atoms with Gasteiger partial charge in [0, 0.05) is 35.0 Å². The van der Waals surface area contributed by atoms with E-state index in [9.17, 15) is 4.79 Å². The van der Waals surface area contributed by atoms with Crippen LogP contribution in [0.5, 0.6) is 0 Å². The van der Waals surface area contributed by atoms with Gasteiger partial charge in [-0.25, -0.2) is 9.97 Å². The maximum absolute atomic E-state index is 13.3. The number of likely N-dealkylation sites (tertiary alicyclic amines) is 1. The molecule has 7 nitrogen and oxygen atoms in total. The van der Waals surface area contributed by atoms with Crippen LogP contribution in [0.4, 0.5) is 11.5 Å². The number of nitrogens with zero attached hydrogens (tertiary/aromatic N) is 4. The van der Waals surface area contributed by atoms with Crippen molar-refractivity contribution in [3.63, 3.8) is 0 Å². The van der Waals surface area contributed by atoms with Gasteiger partial charge in [-0.15, -0.1) is 11.3 Å². The van der Waals surface area contributed by atoms with E-state index in [2.05, 4.69) is 36.4 Å². The van der Waals surface area contributed by atoms with E-state index in [1.54, 1.807) is 17.7 Å². The topological polar surface area (TPSA) is 86.8 Å². The van der Waals surface area contributed by atoms with Crippen LogP contribution in [0.1, 0.15) is 36.1 Å². The molecule has 33 heavy (non-hydrogen) atoms. The highest BCUT2D eigenvalue weighted by atomic mass is 32.1. The number of amides is 1. The predicted octanol–water partition coefficient (Wildman–Crippen LogP) is 4.67. The normalized spacial score (nSPS) is 24.4. The zero-order valence-electron chi connectivity index (χ0n) is 18.4. The molecule has 168 valence electrons. The Kier molecular flexibility index (Phi) is 4.43. The number of hydrogen-bond acceptors (Lipinski definition) is 6. The summed E-state index contributed by atoms with van der Waals surface area (Å²) in [6.45, 7) is 1.97. The SMILES string of the molecule is O=C(C1CCc2c(sc3ncnc(Nc4ccc5[nH]ncc5c4)c23)C1)N1CC2CCCC2C1. The van der Waals surface area contributed by atoms with Gasteiger partial charge < -0.3 is 10.2 Å². The van der Waals surface area contributed by atoms with Crippen molar-refractivity contribution in [1.29, 1.82) is 0 Å². The monoisotopic (exact) mass is 458 g/mol. The summed E-state index contributed by atoms with van der Waals surface area (Å²) in [4.78, 5) is 27.0. The molecule has 1 saturated carbocycles. The molecular weight excluding hydrogens is 432 g/mol. The Morgan fingerprint density at radius 1 is 1.15 bits per heavy atom. The van der Waals surface area contributed by atoms with Crippen LogP contribution in [0.15, 0.2) is 30.7 Å². The number of anilines is 2. The van der Waals surface area contributed by atoms with Crippen LogP contribution >= 0.6 is 11.3 Å². The van der Waals surface area contributed by atoms with E-state index in [-0.39, 0.29) is 5.92 Å². The molecule has 0 spiro atoms. The van der Waals surface area contributed by atoms with Gasteiger partial charge in [-0.2, -0.15) is 5.10 Å². The Morgan fingerprint density at radius 3 is 2.91 bits per heavy atom. The lowest BCUT2D eigenvalue weighted by atomic mass is 9.87. The van der Waals surface area contributed by atoms with Crippen molar-refractivity contribution in [2.75, 3.05) is 18.4 Å². The van der Waals surface area contributed by atoms with Crippen molar-refractivity contribution in [1.82, 2.24) is 25.1 Å². The molecule has 7 rings (SSSR count). The van der Waals surface area contributed by atoms with Crippen molar-refractivity contribution in [2.24, 2.45) is 17.8 Å². The smallest absolute Gasteiger partial charge is 0.226 e. The first-order valence-electron chi connectivity index (χ1n) is 12.0. The third-order valence-corrected chi connectivity index (χ3v) is 9.10. The summed E-state index contributed by atoms with van der Waals surface area (Å²) in [5, 5.41) is 12.8. The van der Waals surface area contributed by atoms with E-state index >= 15 is 0 Å². The molecule has 1 saturated heterocycles. The number of hydrogen-bond donors (Lipinski definition) is 2. The summed E-state index contributed by atoms with van der Waals surface area (Å²) in [5.41, 5.74) is 3.32. The Morgan fingerprint density at radius 2 is 2.03 bits per heavy atom. The average molecular weight is 459 g/mol. The van der Waals surface area contributed by atoms with Crippen LogP contribution in [-0.4, -0.2) is 44.1 Å². The average Bonchev–Trinajstić information content (AvgIpc) is 3.59. The van der Waals surface area contributed by atoms with Crippen LogP contribution in [0.25, 0.3) is 21.1 Å². The second kappa shape index (κ2) is 7.52. The fraction of sp³-hybridized carbons (Fsp3) is 0.440. The van der Waals surface area contributed by atoms with Gasteiger partial charge in [-0.1, -0.05) is 6.42 Å². The van der Waals surface area contributed by atoms with Crippen LogP contribution in [-0.2, 0) is 17.6 Å². The number of H-pyrrole nitrogens is 1. The number of carbonyl (C=O) groups excluding carboxylic acids is 1. The third kappa shape index (κ3) is 3.22. The van der Waals surface area contributed by atoms with E-state index in [1.165, 1.54) is 29.7 Å². The molecule has 1 aliphatic heterocycles. The molecular formula is C25H26N6OS. The fourth-order valence-corrected chi connectivity index (χ4v) is 7.51. The minimum atomic E-state index is 0.109. The lowest BCUT2D eigenvalue weighted by Gasteiger charge is -2.27. The van der Waals surface area contributed by atoms with Gasteiger partial charge >= 0.3 is 0 Å². The lowest BCUT2D eigenvalue weighted by Crippen LogP contribution is -2.37. The molecule has 2 fully saturated rings. The number of thiophene rings is 1. The Labute approximate surface area is 195 Å². The first-order chi connectivity index (χ1) is 16.2.